The Kier molecular flexibility index (Phi) is 3.36. The lowest BCUT2D eigenvalue weighted by Crippen LogP contribution is -1.92. The van der Waals surface area contributed by atoms with Crippen molar-refractivity contribution in [2.24, 2.45) is 0 Å². The van der Waals surface area contributed by atoms with E-state index in [1.807, 2.05) is 18.2 Å². The highest BCUT2D eigenvalue weighted by atomic mass is 35.5. The minimum Gasteiger partial charge on any atom is -0.245 e. The normalized spacial score (nSPS) is 10.9. The number of hydrogen-bond donors (Lipinski definition) is 0. The standard InChI is InChI=1S/C16H12ClFN2/c1-2-10-9-19-16(17)15-13(10)6-7-14(20-15)11-4-3-5-12(18)8-11/h3-9H,2H2,1H3. The van der Waals surface area contributed by atoms with Crippen LogP contribution < -0.4 is 0 Å². The van der Waals surface area contributed by atoms with E-state index in [0.717, 1.165) is 22.9 Å². The number of hydrogen-bond acceptors (Lipinski definition) is 2. The molecule has 3 rings (SSSR count). The van der Waals surface area contributed by atoms with Gasteiger partial charge < -0.3 is 0 Å². The Morgan fingerprint density at radius 1 is 1.20 bits per heavy atom. The average Bonchev–Trinajstić information content (AvgIpc) is 2.47. The van der Waals surface area contributed by atoms with Crippen LogP contribution in [0.3, 0.4) is 0 Å². The fourth-order valence-corrected chi connectivity index (χ4v) is 2.42. The molecule has 0 radical (unpaired) electrons. The van der Waals surface area contributed by atoms with Gasteiger partial charge in [0.15, 0.2) is 5.15 Å². The van der Waals surface area contributed by atoms with E-state index in [1.165, 1.54) is 12.1 Å². The quantitative estimate of drug-likeness (QED) is 0.641. The van der Waals surface area contributed by atoms with Gasteiger partial charge >= 0.3 is 0 Å². The van der Waals surface area contributed by atoms with Crippen LogP contribution in [0.5, 0.6) is 0 Å². The van der Waals surface area contributed by atoms with E-state index in [9.17, 15) is 4.39 Å². The molecule has 0 saturated carbocycles. The van der Waals surface area contributed by atoms with Gasteiger partial charge in [0.1, 0.15) is 11.3 Å². The van der Waals surface area contributed by atoms with Crippen molar-refractivity contribution in [1.82, 2.24) is 9.97 Å². The molecule has 0 bridgehead atoms. The Hall–Kier alpha value is -2.00. The lowest BCUT2D eigenvalue weighted by atomic mass is 10.1. The van der Waals surface area contributed by atoms with Crippen molar-refractivity contribution < 1.29 is 4.39 Å². The largest absolute Gasteiger partial charge is 0.245 e. The monoisotopic (exact) mass is 286 g/mol. The third-order valence-corrected chi connectivity index (χ3v) is 3.55. The molecule has 2 nitrogen and oxygen atoms in total. The first-order valence-corrected chi connectivity index (χ1v) is 6.77. The lowest BCUT2D eigenvalue weighted by Gasteiger charge is -2.07. The van der Waals surface area contributed by atoms with Gasteiger partial charge in [-0.2, -0.15) is 0 Å². The van der Waals surface area contributed by atoms with Gasteiger partial charge in [0.25, 0.3) is 0 Å². The van der Waals surface area contributed by atoms with E-state index in [4.69, 9.17) is 11.6 Å². The zero-order valence-electron chi connectivity index (χ0n) is 10.9. The Bertz CT molecular complexity index is 787. The van der Waals surface area contributed by atoms with Crippen molar-refractivity contribution in [3.05, 3.63) is 59.1 Å². The summed E-state index contributed by atoms with van der Waals surface area (Å²) < 4.78 is 13.3. The average molecular weight is 287 g/mol. The summed E-state index contributed by atoms with van der Waals surface area (Å²) in [4.78, 5) is 8.69. The second kappa shape index (κ2) is 5.17. The summed E-state index contributed by atoms with van der Waals surface area (Å²) in [5.41, 5.74) is 3.18. The first-order chi connectivity index (χ1) is 9.69. The highest BCUT2D eigenvalue weighted by Crippen LogP contribution is 2.27. The van der Waals surface area contributed by atoms with Gasteiger partial charge in [-0.1, -0.05) is 36.7 Å². The van der Waals surface area contributed by atoms with Crippen molar-refractivity contribution in [2.45, 2.75) is 13.3 Å². The van der Waals surface area contributed by atoms with Crippen molar-refractivity contribution in [3.63, 3.8) is 0 Å². The van der Waals surface area contributed by atoms with Crippen LogP contribution in [0.4, 0.5) is 4.39 Å². The van der Waals surface area contributed by atoms with E-state index < -0.39 is 0 Å². The molecule has 2 aromatic heterocycles. The van der Waals surface area contributed by atoms with Crippen molar-refractivity contribution in [2.75, 3.05) is 0 Å². The number of benzene rings is 1. The molecule has 0 aliphatic heterocycles. The zero-order chi connectivity index (χ0) is 14.1. The van der Waals surface area contributed by atoms with Crippen LogP contribution in [0.15, 0.2) is 42.6 Å². The molecule has 0 amide bonds. The second-order valence-corrected chi connectivity index (χ2v) is 4.89. The number of rotatable bonds is 2. The third kappa shape index (κ3) is 2.25. The lowest BCUT2D eigenvalue weighted by molar-refractivity contribution is 0.628. The summed E-state index contributed by atoms with van der Waals surface area (Å²) in [6.07, 6.45) is 2.63. The van der Waals surface area contributed by atoms with Gasteiger partial charge in [-0.15, -0.1) is 0 Å². The zero-order valence-corrected chi connectivity index (χ0v) is 11.7. The molecule has 3 aromatic rings. The molecule has 4 heteroatoms. The molecule has 2 heterocycles. The van der Waals surface area contributed by atoms with Gasteiger partial charge in [-0.3, -0.25) is 0 Å². The van der Waals surface area contributed by atoms with Crippen LogP contribution in [-0.4, -0.2) is 9.97 Å². The van der Waals surface area contributed by atoms with E-state index in [-0.39, 0.29) is 5.82 Å². The molecular formula is C16H12ClFN2. The summed E-state index contributed by atoms with van der Waals surface area (Å²) in [5.74, 6) is -0.282. The fourth-order valence-electron chi connectivity index (χ4n) is 2.23. The molecule has 0 spiro atoms. The molecule has 0 atom stereocenters. The van der Waals surface area contributed by atoms with E-state index in [0.29, 0.717) is 16.4 Å². The van der Waals surface area contributed by atoms with Crippen molar-refractivity contribution in [3.8, 4) is 11.3 Å². The maximum absolute atomic E-state index is 13.3. The predicted octanol–water partition coefficient (Wildman–Crippen LogP) is 4.65. The van der Waals surface area contributed by atoms with Crippen LogP contribution in [0.2, 0.25) is 5.15 Å². The summed E-state index contributed by atoms with van der Waals surface area (Å²) in [5, 5.41) is 1.36. The summed E-state index contributed by atoms with van der Waals surface area (Å²) in [6, 6.07) is 10.2. The molecule has 0 unspecified atom stereocenters. The van der Waals surface area contributed by atoms with Crippen LogP contribution in [-0.2, 0) is 6.42 Å². The van der Waals surface area contributed by atoms with E-state index in [1.54, 1.807) is 12.3 Å². The van der Waals surface area contributed by atoms with Gasteiger partial charge in [0.2, 0.25) is 0 Å². The highest BCUT2D eigenvalue weighted by Gasteiger charge is 2.09. The molecular weight excluding hydrogens is 275 g/mol. The SMILES string of the molecule is CCc1cnc(Cl)c2nc(-c3cccc(F)c3)ccc12. The molecule has 1 aromatic carbocycles. The molecule has 100 valence electrons. The van der Waals surface area contributed by atoms with Crippen LogP contribution in [0.1, 0.15) is 12.5 Å². The van der Waals surface area contributed by atoms with Crippen molar-refractivity contribution in [1.29, 1.82) is 0 Å². The Labute approximate surface area is 121 Å². The fraction of sp³-hybridized carbons (Fsp3) is 0.125. The second-order valence-electron chi connectivity index (χ2n) is 4.53. The predicted molar refractivity (Wildman–Crippen MR) is 79.3 cm³/mol. The number of aryl methyl sites for hydroxylation is 1. The van der Waals surface area contributed by atoms with Gasteiger partial charge in [0, 0.05) is 17.1 Å². The van der Waals surface area contributed by atoms with Gasteiger partial charge in [-0.25, -0.2) is 14.4 Å². The number of aromatic nitrogens is 2. The summed E-state index contributed by atoms with van der Waals surface area (Å²) in [6.45, 7) is 2.06. The van der Waals surface area contributed by atoms with Crippen molar-refractivity contribution >= 4 is 22.5 Å². The molecule has 20 heavy (non-hydrogen) atoms. The van der Waals surface area contributed by atoms with Gasteiger partial charge in [0.05, 0.1) is 5.69 Å². The smallest absolute Gasteiger partial charge is 0.155 e. The minimum atomic E-state index is -0.282. The van der Waals surface area contributed by atoms with Crippen LogP contribution in [0, 0.1) is 5.82 Å². The first-order valence-electron chi connectivity index (χ1n) is 6.39. The molecule has 0 fully saturated rings. The van der Waals surface area contributed by atoms with Crippen LogP contribution in [0.25, 0.3) is 22.2 Å². The van der Waals surface area contributed by atoms with E-state index in [2.05, 4.69) is 16.9 Å². The summed E-state index contributed by atoms with van der Waals surface area (Å²) in [7, 11) is 0. The van der Waals surface area contributed by atoms with Crippen LogP contribution >= 0.6 is 11.6 Å². The Balaban J connectivity index is 2.23. The third-order valence-electron chi connectivity index (χ3n) is 3.27. The number of fused-ring (bicyclic) bond motifs is 1. The maximum Gasteiger partial charge on any atom is 0.155 e. The number of pyridine rings is 2. The summed E-state index contributed by atoms with van der Waals surface area (Å²) >= 11 is 6.13. The Morgan fingerprint density at radius 2 is 2.05 bits per heavy atom. The first kappa shape index (κ1) is 13.0. The maximum atomic E-state index is 13.3. The molecule has 0 saturated heterocycles. The van der Waals surface area contributed by atoms with E-state index >= 15 is 0 Å². The van der Waals surface area contributed by atoms with Gasteiger partial charge in [-0.05, 0) is 30.2 Å². The minimum absolute atomic E-state index is 0.282. The molecule has 0 N–H and O–H groups in total. The number of halogens is 2. The Morgan fingerprint density at radius 3 is 2.80 bits per heavy atom. The number of nitrogens with zero attached hydrogens (tertiary/aromatic N) is 2. The molecule has 0 aliphatic carbocycles. The highest BCUT2D eigenvalue weighted by molar-refractivity contribution is 6.33. The topological polar surface area (TPSA) is 25.8 Å². The molecule has 0 aliphatic rings.